The van der Waals surface area contributed by atoms with Crippen molar-refractivity contribution >= 4 is 28.6 Å². The number of likely N-dealkylation sites (tertiary alicyclic amines) is 1. The van der Waals surface area contributed by atoms with Gasteiger partial charge >= 0.3 is 5.97 Å². The van der Waals surface area contributed by atoms with Gasteiger partial charge in [-0.25, -0.2) is 9.78 Å². The van der Waals surface area contributed by atoms with Gasteiger partial charge in [-0.05, 0) is 93.8 Å². The van der Waals surface area contributed by atoms with Crippen molar-refractivity contribution in [2.24, 2.45) is 0 Å². The Hall–Kier alpha value is -2.90. The van der Waals surface area contributed by atoms with Gasteiger partial charge in [-0.3, -0.25) is 4.90 Å². The molecule has 0 aliphatic carbocycles. The van der Waals surface area contributed by atoms with Gasteiger partial charge in [0.05, 0.1) is 23.7 Å². The van der Waals surface area contributed by atoms with Crippen LogP contribution in [0.3, 0.4) is 0 Å². The van der Waals surface area contributed by atoms with Gasteiger partial charge in [-0.2, -0.15) is 0 Å². The Morgan fingerprint density at radius 3 is 2.37 bits per heavy atom. The Bertz CT molecular complexity index is 1150. The Labute approximate surface area is 229 Å². The average Bonchev–Trinajstić information content (AvgIpc) is 3.29. The molecule has 1 aliphatic heterocycles. The zero-order chi connectivity index (χ0) is 26.7. The summed E-state index contributed by atoms with van der Waals surface area (Å²) in [5.41, 5.74) is 4.97. The van der Waals surface area contributed by atoms with E-state index in [1.54, 1.807) is 12.1 Å². The summed E-state index contributed by atoms with van der Waals surface area (Å²) < 4.78 is 7.18. The highest BCUT2D eigenvalue weighted by Crippen LogP contribution is 2.25. The highest BCUT2D eigenvalue weighted by atomic mass is 16.5. The summed E-state index contributed by atoms with van der Waals surface area (Å²) in [6, 6.07) is 14.1. The number of unbranched alkanes of at least 4 members (excludes halogenated alkanes) is 2. The van der Waals surface area contributed by atoms with Gasteiger partial charge in [0.2, 0.25) is 5.95 Å². The number of carbonyl (C=O) groups is 1. The number of piperidine rings is 1. The quantitative estimate of drug-likeness (QED) is 0.238. The third-order valence-corrected chi connectivity index (χ3v) is 7.53. The predicted octanol–water partition coefficient (Wildman–Crippen LogP) is 6.70. The van der Waals surface area contributed by atoms with Crippen LogP contribution in [-0.2, 0) is 17.8 Å². The van der Waals surface area contributed by atoms with E-state index in [9.17, 15) is 4.79 Å². The maximum Gasteiger partial charge on any atom is 0.337 e. The van der Waals surface area contributed by atoms with Crippen LogP contribution in [0.4, 0.5) is 11.6 Å². The minimum Gasteiger partial charge on any atom is -0.465 e. The third-order valence-electron chi connectivity index (χ3n) is 7.53. The molecule has 1 fully saturated rings. The smallest absolute Gasteiger partial charge is 0.337 e. The zero-order valence-corrected chi connectivity index (χ0v) is 23.5. The fourth-order valence-electron chi connectivity index (χ4n) is 5.24. The lowest BCUT2D eigenvalue weighted by Gasteiger charge is -2.27. The first-order chi connectivity index (χ1) is 18.6. The van der Waals surface area contributed by atoms with E-state index in [-0.39, 0.29) is 7.40 Å². The van der Waals surface area contributed by atoms with Crippen molar-refractivity contribution in [3.05, 3.63) is 53.6 Å². The molecular weight excluding hydrogens is 474 g/mol. The van der Waals surface area contributed by atoms with Crippen molar-refractivity contribution in [2.45, 2.75) is 71.9 Å². The van der Waals surface area contributed by atoms with Gasteiger partial charge in [0.25, 0.3) is 0 Å². The number of aromatic nitrogens is 2. The largest absolute Gasteiger partial charge is 0.465 e. The van der Waals surface area contributed by atoms with Gasteiger partial charge in [0.15, 0.2) is 0 Å². The van der Waals surface area contributed by atoms with Gasteiger partial charge in [0, 0.05) is 26.7 Å². The van der Waals surface area contributed by atoms with Gasteiger partial charge in [-0.15, -0.1) is 0 Å². The summed E-state index contributed by atoms with van der Waals surface area (Å²) in [5.74, 6) is 0.513. The summed E-state index contributed by atoms with van der Waals surface area (Å²) in [7, 11) is 1.40. The molecule has 4 rings (SSSR count). The van der Waals surface area contributed by atoms with Crippen LogP contribution in [0.2, 0.25) is 0 Å². The number of anilines is 2. The average molecular weight is 522 g/mol. The van der Waals surface area contributed by atoms with Crippen molar-refractivity contribution in [2.75, 3.05) is 45.2 Å². The number of ether oxygens (including phenoxy) is 1. The molecule has 0 unspecified atom stereocenters. The molecule has 0 radical (unpaired) electrons. The van der Waals surface area contributed by atoms with Crippen LogP contribution in [0.25, 0.3) is 11.0 Å². The SMILES string of the molecule is CCCCN(CCCC)Cc1ccc2nc(Nc3ccc(C(=O)OC)cc3)n(CCN3CCCCC3)c2c1.[HH]. The first-order valence-corrected chi connectivity index (χ1v) is 14.5. The van der Waals surface area contributed by atoms with Crippen LogP contribution in [-0.4, -0.2) is 65.2 Å². The molecule has 7 heteroatoms. The first kappa shape index (κ1) is 28.1. The van der Waals surface area contributed by atoms with Crippen molar-refractivity contribution < 1.29 is 11.0 Å². The molecule has 0 spiro atoms. The first-order valence-electron chi connectivity index (χ1n) is 14.5. The van der Waals surface area contributed by atoms with E-state index >= 15 is 0 Å². The van der Waals surface area contributed by atoms with Crippen molar-refractivity contribution in [3.63, 3.8) is 0 Å². The minimum atomic E-state index is -0.329. The Balaban J connectivity index is 0.00000420. The number of benzene rings is 2. The van der Waals surface area contributed by atoms with E-state index in [1.165, 1.54) is 76.2 Å². The van der Waals surface area contributed by atoms with E-state index in [0.29, 0.717) is 5.56 Å². The molecule has 38 heavy (non-hydrogen) atoms. The van der Waals surface area contributed by atoms with Crippen molar-refractivity contribution in [1.82, 2.24) is 19.4 Å². The van der Waals surface area contributed by atoms with Crippen molar-refractivity contribution in [1.29, 1.82) is 0 Å². The molecule has 1 aliphatic rings. The summed E-state index contributed by atoms with van der Waals surface area (Å²) in [4.78, 5) is 22.0. The fraction of sp³-hybridized carbons (Fsp3) is 0.548. The number of rotatable bonds is 14. The summed E-state index contributed by atoms with van der Waals surface area (Å²) in [6.45, 7) is 12.1. The molecule has 1 saturated heterocycles. The highest BCUT2D eigenvalue weighted by molar-refractivity contribution is 5.89. The van der Waals surface area contributed by atoms with E-state index in [1.807, 2.05) is 12.1 Å². The number of fused-ring (bicyclic) bond motifs is 1. The van der Waals surface area contributed by atoms with Crippen LogP contribution in [0.5, 0.6) is 0 Å². The Morgan fingerprint density at radius 2 is 1.71 bits per heavy atom. The normalized spacial score (nSPS) is 14.3. The monoisotopic (exact) mass is 521 g/mol. The maximum absolute atomic E-state index is 11.8. The lowest BCUT2D eigenvalue weighted by Crippen LogP contribution is -2.32. The van der Waals surface area contributed by atoms with E-state index in [0.717, 1.165) is 49.9 Å². The van der Waals surface area contributed by atoms with E-state index < -0.39 is 0 Å². The molecular formula is C31H47N5O2. The second kappa shape index (κ2) is 14.3. The topological polar surface area (TPSA) is 62.6 Å². The van der Waals surface area contributed by atoms with Crippen LogP contribution in [0, 0.1) is 0 Å². The number of nitrogens with one attached hydrogen (secondary N) is 1. The Kier molecular flexibility index (Phi) is 10.6. The molecule has 2 heterocycles. The molecule has 1 aromatic heterocycles. The summed E-state index contributed by atoms with van der Waals surface area (Å²) in [6.07, 6.45) is 8.84. The maximum atomic E-state index is 11.8. The van der Waals surface area contributed by atoms with Crippen LogP contribution < -0.4 is 5.32 Å². The number of carbonyl (C=O) groups excluding carboxylic acids is 1. The molecule has 0 atom stereocenters. The summed E-state index contributed by atoms with van der Waals surface area (Å²) >= 11 is 0. The number of hydrogen-bond acceptors (Lipinski definition) is 6. The van der Waals surface area contributed by atoms with Crippen LogP contribution >= 0.6 is 0 Å². The summed E-state index contributed by atoms with van der Waals surface area (Å²) in [5, 5.41) is 3.52. The van der Waals surface area contributed by atoms with Crippen LogP contribution in [0.15, 0.2) is 42.5 Å². The van der Waals surface area contributed by atoms with E-state index in [2.05, 4.69) is 51.7 Å². The van der Waals surface area contributed by atoms with Gasteiger partial charge in [-0.1, -0.05) is 39.2 Å². The molecule has 0 bridgehead atoms. The molecule has 0 saturated carbocycles. The number of esters is 1. The molecule has 2 aromatic carbocycles. The standard InChI is InChI=1S/C31H45N5O2.H2/c1-4-6-17-35(18-7-5-2)24-25-11-16-28-29(23-25)36(22-21-34-19-9-8-10-20-34)31(33-28)32-27-14-12-26(13-15-27)30(37)38-3;/h11-16,23H,4-10,17-22,24H2,1-3H3,(H,32,33);1H. The lowest BCUT2D eigenvalue weighted by molar-refractivity contribution is 0.0601. The van der Waals surface area contributed by atoms with Gasteiger partial charge in [0.1, 0.15) is 0 Å². The molecule has 7 nitrogen and oxygen atoms in total. The predicted molar refractivity (Wildman–Crippen MR) is 158 cm³/mol. The lowest BCUT2D eigenvalue weighted by atomic mass is 10.1. The van der Waals surface area contributed by atoms with Gasteiger partial charge < -0.3 is 19.5 Å². The molecule has 208 valence electrons. The number of methoxy groups -OCH3 is 1. The second-order valence-electron chi connectivity index (χ2n) is 10.5. The molecule has 3 aromatic rings. The number of imidazole rings is 1. The number of nitrogens with zero attached hydrogens (tertiary/aromatic N) is 4. The third kappa shape index (κ3) is 7.58. The second-order valence-corrected chi connectivity index (χ2v) is 10.5. The minimum absolute atomic E-state index is 0. The van der Waals surface area contributed by atoms with Crippen LogP contribution in [0.1, 0.15) is 76.1 Å². The van der Waals surface area contributed by atoms with E-state index in [4.69, 9.17) is 9.72 Å². The van der Waals surface area contributed by atoms with Crippen molar-refractivity contribution in [3.8, 4) is 0 Å². The fourth-order valence-corrected chi connectivity index (χ4v) is 5.24. The zero-order valence-electron chi connectivity index (χ0n) is 23.5. The molecule has 0 amide bonds. The highest BCUT2D eigenvalue weighted by Gasteiger charge is 2.16. The number of hydrogen-bond donors (Lipinski definition) is 1. The molecule has 1 N–H and O–H groups in total. The Morgan fingerprint density at radius 1 is 1.00 bits per heavy atom.